The third-order valence-corrected chi connectivity index (χ3v) is 2.54. The van der Waals surface area contributed by atoms with E-state index in [2.05, 4.69) is 5.16 Å². The molecule has 17 heavy (non-hydrogen) atoms. The maximum absolute atomic E-state index is 10.9. The fourth-order valence-electron chi connectivity index (χ4n) is 1.66. The van der Waals surface area contributed by atoms with Gasteiger partial charge in [-0.25, -0.2) is 0 Å². The molecule has 86 valence electrons. The topological polar surface area (TPSA) is 55.7 Å². The predicted molar refractivity (Wildman–Crippen MR) is 67.7 cm³/mol. The van der Waals surface area contributed by atoms with Crippen LogP contribution < -0.4 is 0 Å². The van der Waals surface area contributed by atoms with Crippen LogP contribution in [0.4, 0.5) is 0 Å². The number of aliphatic hydroxyl groups excluding tert-OH is 1. The van der Waals surface area contributed by atoms with Gasteiger partial charge in [-0.2, -0.15) is 0 Å². The van der Waals surface area contributed by atoms with Crippen LogP contribution >= 0.6 is 0 Å². The number of hydrogen-bond donors (Lipinski definition) is 1. The molecule has 0 saturated heterocycles. The number of rotatable bonds is 3. The second kappa shape index (κ2) is 5.27. The van der Waals surface area contributed by atoms with Crippen molar-refractivity contribution in [2.75, 3.05) is 0 Å². The highest BCUT2D eigenvalue weighted by Crippen LogP contribution is 2.18. The molecule has 2 aromatic carbocycles. The zero-order valence-electron chi connectivity index (χ0n) is 9.15. The van der Waals surface area contributed by atoms with Gasteiger partial charge in [0.05, 0.1) is 5.71 Å². The number of hydrogen-bond acceptors (Lipinski definition) is 3. The molecule has 3 nitrogen and oxygen atoms in total. The summed E-state index contributed by atoms with van der Waals surface area (Å²) in [6, 6.07) is 18.0. The van der Waals surface area contributed by atoms with Crippen LogP contribution in [0, 0.1) is 5.21 Å². The zero-order chi connectivity index (χ0) is 12.1. The first-order chi connectivity index (χ1) is 8.33. The maximum atomic E-state index is 10.9. The standard InChI is InChI=1S/C14H13NO2/c16-14(12-9-5-2-6-10-12)13(15-17)11-7-3-1-4-8-11/h1-10,14,16-17H/p-1/b15-13-. The fourth-order valence-corrected chi connectivity index (χ4v) is 1.66. The second-order valence-corrected chi connectivity index (χ2v) is 3.66. The van der Waals surface area contributed by atoms with Crippen LogP contribution in [0.3, 0.4) is 0 Å². The third-order valence-electron chi connectivity index (χ3n) is 2.54. The van der Waals surface area contributed by atoms with E-state index in [4.69, 9.17) is 0 Å². The van der Waals surface area contributed by atoms with Crippen molar-refractivity contribution >= 4 is 5.71 Å². The van der Waals surface area contributed by atoms with Crippen LogP contribution in [0.15, 0.2) is 65.8 Å². The van der Waals surface area contributed by atoms with Gasteiger partial charge in [0, 0.05) is 0 Å². The summed E-state index contributed by atoms with van der Waals surface area (Å²) in [4.78, 5) is 0. The third kappa shape index (κ3) is 2.52. The van der Waals surface area contributed by atoms with Crippen LogP contribution in [0.5, 0.6) is 0 Å². The molecule has 1 atom stereocenters. The van der Waals surface area contributed by atoms with Gasteiger partial charge in [-0.05, 0) is 11.1 Å². The minimum Gasteiger partial charge on any atom is -0.792 e. The highest BCUT2D eigenvalue weighted by Gasteiger charge is 2.14. The van der Waals surface area contributed by atoms with Gasteiger partial charge in [0.25, 0.3) is 0 Å². The molecule has 0 aliphatic heterocycles. The molecule has 1 unspecified atom stereocenters. The Morgan fingerprint density at radius 2 is 1.47 bits per heavy atom. The first-order valence-electron chi connectivity index (χ1n) is 5.31. The Bertz CT molecular complexity index is 494. The summed E-state index contributed by atoms with van der Waals surface area (Å²) in [7, 11) is 0. The van der Waals surface area contributed by atoms with Crippen molar-refractivity contribution in [3.8, 4) is 0 Å². The maximum Gasteiger partial charge on any atom is 0.121 e. The van der Waals surface area contributed by atoms with Gasteiger partial charge < -0.3 is 15.5 Å². The minimum absolute atomic E-state index is 0.136. The number of aliphatic hydroxyl groups is 1. The average molecular weight is 226 g/mol. The highest BCUT2D eigenvalue weighted by molar-refractivity contribution is 6.04. The SMILES string of the molecule is [O-]/N=C(/c1ccccc1)C(O)c1ccccc1. The Morgan fingerprint density at radius 1 is 0.941 bits per heavy atom. The summed E-state index contributed by atoms with van der Waals surface area (Å²) < 4.78 is 0. The largest absolute Gasteiger partial charge is 0.792 e. The fraction of sp³-hybridized carbons (Fsp3) is 0.0714. The van der Waals surface area contributed by atoms with E-state index in [0.29, 0.717) is 11.1 Å². The van der Waals surface area contributed by atoms with E-state index in [-0.39, 0.29) is 5.71 Å². The quantitative estimate of drug-likeness (QED) is 0.646. The highest BCUT2D eigenvalue weighted by atomic mass is 16.4. The van der Waals surface area contributed by atoms with Crippen LogP contribution in [0.25, 0.3) is 0 Å². The molecule has 0 spiro atoms. The van der Waals surface area contributed by atoms with E-state index in [9.17, 15) is 10.3 Å². The van der Waals surface area contributed by atoms with Crippen LogP contribution in [-0.4, -0.2) is 10.8 Å². The van der Waals surface area contributed by atoms with Crippen LogP contribution in [-0.2, 0) is 0 Å². The lowest BCUT2D eigenvalue weighted by Gasteiger charge is -2.16. The monoisotopic (exact) mass is 226 g/mol. The van der Waals surface area contributed by atoms with Gasteiger partial charge in [-0.15, -0.1) is 0 Å². The molecule has 0 aliphatic rings. The molecule has 1 N–H and O–H groups in total. The van der Waals surface area contributed by atoms with Crippen molar-refractivity contribution < 1.29 is 5.11 Å². The molecule has 0 aromatic heterocycles. The van der Waals surface area contributed by atoms with Gasteiger partial charge >= 0.3 is 0 Å². The molecule has 3 heteroatoms. The van der Waals surface area contributed by atoms with Crippen molar-refractivity contribution in [3.63, 3.8) is 0 Å². The van der Waals surface area contributed by atoms with E-state index >= 15 is 0 Å². The normalized spacial score (nSPS) is 13.4. The van der Waals surface area contributed by atoms with Gasteiger partial charge in [0.2, 0.25) is 0 Å². The summed E-state index contributed by atoms with van der Waals surface area (Å²) in [5, 5.41) is 23.9. The summed E-state index contributed by atoms with van der Waals surface area (Å²) in [6.07, 6.45) is -0.990. The summed E-state index contributed by atoms with van der Waals surface area (Å²) in [5.41, 5.74) is 1.43. The Balaban J connectivity index is 2.33. The first kappa shape index (κ1) is 11.4. The number of nitrogens with zero attached hydrogens (tertiary/aromatic N) is 1. The molecule has 0 heterocycles. The Hall–Kier alpha value is -2.13. The lowest BCUT2D eigenvalue weighted by Crippen LogP contribution is -2.13. The van der Waals surface area contributed by atoms with Crippen molar-refractivity contribution in [1.82, 2.24) is 0 Å². The minimum atomic E-state index is -0.990. The Labute approximate surface area is 99.7 Å². The van der Waals surface area contributed by atoms with Gasteiger partial charge in [0.15, 0.2) is 0 Å². The molecule has 0 amide bonds. The molecular formula is C14H12NO2-. The van der Waals surface area contributed by atoms with Gasteiger partial charge in [-0.1, -0.05) is 60.7 Å². The van der Waals surface area contributed by atoms with E-state index in [0.717, 1.165) is 0 Å². The van der Waals surface area contributed by atoms with Crippen molar-refractivity contribution in [3.05, 3.63) is 77.0 Å². The molecular weight excluding hydrogens is 214 g/mol. The van der Waals surface area contributed by atoms with Gasteiger partial charge in [-0.3, -0.25) is 0 Å². The van der Waals surface area contributed by atoms with E-state index in [1.54, 1.807) is 36.4 Å². The molecule has 0 bridgehead atoms. The predicted octanol–water partition coefficient (Wildman–Crippen LogP) is 2.71. The lowest BCUT2D eigenvalue weighted by atomic mass is 9.99. The molecule has 0 aliphatic carbocycles. The molecule has 0 saturated carbocycles. The average Bonchev–Trinajstić information content (AvgIpc) is 2.42. The van der Waals surface area contributed by atoms with Crippen LogP contribution in [0.1, 0.15) is 17.2 Å². The number of benzene rings is 2. The Morgan fingerprint density at radius 3 is 2.00 bits per heavy atom. The summed E-state index contributed by atoms with van der Waals surface area (Å²) in [5.74, 6) is 0. The van der Waals surface area contributed by atoms with Crippen molar-refractivity contribution in [1.29, 1.82) is 0 Å². The van der Waals surface area contributed by atoms with Gasteiger partial charge in [0.1, 0.15) is 6.10 Å². The molecule has 0 radical (unpaired) electrons. The van der Waals surface area contributed by atoms with E-state index < -0.39 is 6.10 Å². The molecule has 2 rings (SSSR count). The second-order valence-electron chi connectivity index (χ2n) is 3.66. The van der Waals surface area contributed by atoms with Crippen molar-refractivity contribution in [2.24, 2.45) is 5.16 Å². The van der Waals surface area contributed by atoms with Crippen LogP contribution in [0.2, 0.25) is 0 Å². The van der Waals surface area contributed by atoms with E-state index in [1.165, 1.54) is 0 Å². The smallest absolute Gasteiger partial charge is 0.121 e. The lowest BCUT2D eigenvalue weighted by molar-refractivity contribution is 0.248. The summed E-state index contributed by atoms with van der Waals surface area (Å²) >= 11 is 0. The first-order valence-corrected chi connectivity index (χ1v) is 5.31. The molecule has 2 aromatic rings. The van der Waals surface area contributed by atoms with E-state index in [1.807, 2.05) is 24.3 Å². The zero-order valence-corrected chi connectivity index (χ0v) is 9.15. The molecule has 0 fully saturated rings. The Kier molecular flexibility index (Phi) is 3.52. The summed E-state index contributed by atoms with van der Waals surface area (Å²) in [6.45, 7) is 0. The van der Waals surface area contributed by atoms with Crippen molar-refractivity contribution in [2.45, 2.75) is 6.10 Å².